The summed E-state index contributed by atoms with van der Waals surface area (Å²) in [5.41, 5.74) is 0. The van der Waals surface area contributed by atoms with Crippen molar-refractivity contribution in [3.05, 3.63) is 29.3 Å². The predicted octanol–water partition coefficient (Wildman–Crippen LogP) is 0.520. The number of amides is 1. The van der Waals surface area contributed by atoms with E-state index < -0.39 is 16.1 Å². The van der Waals surface area contributed by atoms with E-state index in [1.165, 1.54) is 16.4 Å². The zero-order chi connectivity index (χ0) is 20.1. The fourth-order valence-electron chi connectivity index (χ4n) is 3.26. The van der Waals surface area contributed by atoms with Gasteiger partial charge in [-0.15, -0.1) is 0 Å². The van der Waals surface area contributed by atoms with Crippen LogP contribution in [-0.2, 0) is 24.3 Å². The summed E-state index contributed by atoms with van der Waals surface area (Å²) in [4.78, 5) is 16.6. The molecule has 0 aliphatic carbocycles. The van der Waals surface area contributed by atoms with E-state index >= 15 is 0 Å². The Balaban J connectivity index is 1.60. The SMILES string of the molecule is CN(CCN1CCOCC1)C(=O)[C@@H]1CN(S(=O)(=O)c2ccccc2Cl)CCO1. The number of carbonyl (C=O) groups excluding carboxylic acids is 1. The van der Waals surface area contributed by atoms with Crippen LogP contribution in [0, 0.1) is 0 Å². The van der Waals surface area contributed by atoms with Crippen molar-refractivity contribution in [2.24, 2.45) is 0 Å². The van der Waals surface area contributed by atoms with Gasteiger partial charge in [0.15, 0.2) is 0 Å². The first-order valence-electron chi connectivity index (χ1n) is 9.31. The van der Waals surface area contributed by atoms with Gasteiger partial charge in [0.2, 0.25) is 10.0 Å². The van der Waals surface area contributed by atoms with Gasteiger partial charge < -0.3 is 14.4 Å². The molecule has 8 nitrogen and oxygen atoms in total. The lowest BCUT2D eigenvalue weighted by Crippen LogP contribution is -2.52. The van der Waals surface area contributed by atoms with E-state index in [0.717, 1.165) is 19.6 Å². The Morgan fingerprint density at radius 1 is 1.21 bits per heavy atom. The van der Waals surface area contributed by atoms with E-state index in [0.29, 0.717) is 19.8 Å². The Kier molecular flexibility index (Phi) is 7.30. The maximum absolute atomic E-state index is 12.9. The molecule has 0 unspecified atom stereocenters. The van der Waals surface area contributed by atoms with Gasteiger partial charge in [-0.3, -0.25) is 9.69 Å². The minimum Gasteiger partial charge on any atom is -0.379 e. The molecule has 28 heavy (non-hydrogen) atoms. The smallest absolute Gasteiger partial charge is 0.252 e. The van der Waals surface area contributed by atoms with Crippen LogP contribution >= 0.6 is 11.6 Å². The number of likely N-dealkylation sites (N-methyl/N-ethyl adjacent to an activating group) is 1. The summed E-state index contributed by atoms with van der Waals surface area (Å²) in [5, 5.41) is 0.166. The second-order valence-corrected chi connectivity index (χ2v) is 9.18. The molecular weight excluding hydrogens is 406 g/mol. The molecule has 0 bridgehead atoms. The molecule has 2 heterocycles. The third-order valence-electron chi connectivity index (χ3n) is 4.99. The van der Waals surface area contributed by atoms with Crippen LogP contribution in [0.15, 0.2) is 29.2 Å². The lowest BCUT2D eigenvalue weighted by Gasteiger charge is -2.34. The van der Waals surface area contributed by atoms with Crippen LogP contribution in [0.3, 0.4) is 0 Å². The summed E-state index contributed by atoms with van der Waals surface area (Å²) < 4.78 is 38.0. The molecule has 156 valence electrons. The molecule has 1 atom stereocenters. The van der Waals surface area contributed by atoms with Crippen molar-refractivity contribution in [1.82, 2.24) is 14.1 Å². The van der Waals surface area contributed by atoms with Crippen molar-refractivity contribution in [3.63, 3.8) is 0 Å². The molecule has 1 aromatic rings. The van der Waals surface area contributed by atoms with E-state index in [-0.39, 0.29) is 35.5 Å². The molecule has 0 N–H and O–H groups in total. The Morgan fingerprint density at radius 3 is 2.64 bits per heavy atom. The molecule has 1 aromatic carbocycles. The molecule has 2 saturated heterocycles. The summed E-state index contributed by atoms with van der Waals surface area (Å²) in [5.74, 6) is -0.215. The number of nitrogens with zero attached hydrogens (tertiary/aromatic N) is 3. The van der Waals surface area contributed by atoms with Crippen molar-refractivity contribution < 1.29 is 22.7 Å². The standard InChI is InChI=1S/C18H26ClN3O5S/c1-20(6-7-21-8-11-26-12-9-21)18(23)16-14-22(10-13-27-16)28(24,25)17-5-3-2-4-15(17)19/h2-5,16H,6-14H2,1H3/t16-/m0/s1. The largest absolute Gasteiger partial charge is 0.379 e. The van der Waals surface area contributed by atoms with Gasteiger partial charge in [0.25, 0.3) is 5.91 Å². The average molecular weight is 432 g/mol. The van der Waals surface area contributed by atoms with Gasteiger partial charge in [-0.25, -0.2) is 8.42 Å². The van der Waals surface area contributed by atoms with E-state index in [4.69, 9.17) is 21.1 Å². The minimum atomic E-state index is -3.79. The van der Waals surface area contributed by atoms with E-state index in [9.17, 15) is 13.2 Å². The van der Waals surface area contributed by atoms with Crippen LogP contribution in [0.2, 0.25) is 5.02 Å². The van der Waals surface area contributed by atoms with Crippen molar-refractivity contribution in [1.29, 1.82) is 0 Å². The first-order valence-corrected chi connectivity index (χ1v) is 11.1. The molecular formula is C18H26ClN3O5S. The fraction of sp³-hybridized carbons (Fsp3) is 0.611. The van der Waals surface area contributed by atoms with Crippen LogP contribution in [0.4, 0.5) is 0 Å². The number of sulfonamides is 1. The van der Waals surface area contributed by atoms with E-state index in [2.05, 4.69) is 4.90 Å². The number of benzene rings is 1. The van der Waals surface area contributed by atoms with Crippen LogP contribution in [0.1, 0.15) is 0 Å². The zero-order valence-electron chi connectivity index (χ0n) is 15.9. The normalized spacial score (nSPS) is 22.1. The Hall–Kier alpha value is -1.23. The number of ether oxygens (including phenoxy) is 2. The highest BCUT2D eigenvalue weighted by atomic mass is 35.5. The summed E-state index contributed by atoms with van der Waals surface area (Å²) in [6.07, 6.45) is -0.819. The van der Waals surface area contributed by atoms with E-state index in [1.54, 1.807) is 24.1 Å². The Labute approximate surface area is 171 Å². The third-order valence-corrected chi connectivity index (χ3v) is 7.36. The minimum absolute atomic E-state index is 0.0196. The van der Waals surface area contributed by atoms with Gasteiger partial charge in [-0.1, -0.05) is 23.7 Å². The first-order chi connectivity index (χ1) is 13.4. The monoisotopic (exact) mass is 431 g/mol. The van der Waals surface area contributed by atoms with Crippen molar-refractivity contribution >= 4 is 27.5 Å². The molecule has 0 spiro atoms. The van der Waals surface area contributed by atoms with Gasteiger partial charge in [-0.2, -0.15) is 4.31 Å². The summed E-state index contributed by atoms with van der Waals surface area (Å²) >= 11 is 6.07. The summed E-state index contributed by atoms with van der Waals surface area (Å²) in [6, 6.07) is 6.31. The highest BCUT2D eigenvalue weighted by Gasteiger charge is 2.36. The van der Waals surface area contributed by atoms with Gasteiger partial charge in [0.05, 0.1) is 24.8 Å². The van der Waals surface area contributed by atoms with Crippen molar-refractivity contribution in [3.8, 4) is 0 Å². The third kappa shape index (κ3) is 5.03. The molecule has 0 radical (unpaired) electrons. The maximum Gasteiger partial charge on any atom is 0.252 e. The topological polar surface area (TPSA) is 79.4 Å². The van der Waals surface area contributed by atoms with Crippen molar-refractivity contribution in [2.75, 3.05) is 66.1 Å². The Bertz CT molecular complexity index is 785. The molecule has 0 saturated carbocycles. The maximum atomic E-state index is 12.9. The molecule has 3 rings (SSSR count). The van der Waals surface area contributed by atoms with Crippen LogP contribution in [0.25, 0.3) is 0 Å². The summed E-state index contributed by atoms with van der Waals surface area (Å²) in [7, 11) is -2.07. The molecule has 2 aliphatic rings. The van der Waals surface area contributed by atoms with Crippen LogP contribution in [0.5, 0.6) is 0 Å². The molecule has 2 fully saturated rings. The second kappa shape index (κ2) is 9.51. The van der Waals surface area contributed by atoms with Gasteiger partial charge in [0, 0.05) is 46.3 Å². The highest BCUT2D eigenvalue weighted by Crippen LogP contribution is 2.25. The number of halogens is 1. The highest BCUT2D eigenvalue weighted by molar-refractivity contribution is 7.89. The number of hydrogen-bond donors (Lipinski definition) is 0. The quantitative estimate of drug-likeness (QED) is 0.653. The first kappa shape index (κ1) is 21.5. The summed E-state index contributed by atoms with van der Waals surface area (Å²) in [6.45, 7) is 4.75. The van der Waals surface area contributed by atoms with E-state index in [1.807, 2.05) is 0 Å². The van der Waals surface area contributed by atoms with Crippen molar-refractivity contribution in [2.45, 2.75) is 11.0 Å². The number of carbonyl (C=O) groups is 1. The van der Waals surface area contributed by atoms with Crippen LogP contribution < -0.4 is 0 Å². The molecule has 0 aromatic heterocycles. The fourth-order valence-corrected chi connectivity index (χ4v) is 5.18. The van der Waals surface area contributed by atoms with Gasteiger partial charge in [-0.05, 0) is 12.1 Å². The second-order valence-electron chi connectivity index (χ2n) is 6.87. The predicted molar refractivity (Wildman–Crippen MR) is 105 cm³/mol. The zero-order valence-corrected chi connectivity index (χ0v) is 17.5. The molecule has 10 heteroatoms. The van der Waals surface area contributed by atoms with Crippen LogP contribution in [-0.4, -0.2) is 101 Å². The molecule has 2 aliphatic heterocycles. The van der Waals surface area contributed by atoms with Gasteiger partial charge >= 0.3 is 0 Å². The lowest BCUT2D eigenvalue weighted by atomic mass is 10.2. The molecule has 1 amide bonds. The number of rotatable bonds is 6. The van der Waals surface area contributed by atoms with Gasteiger partial charge in [0.1, 0.15) is 11.0 Å². The lowest BCUT2D eigenvalue weighted by molar-refractivity contribution is -0.146. The Morgan fingerprint density at radius 2 is 1.93 bits per heavy atom. The average Bonchev–Trinajstić information content (AvgIpc) is 2.72. The number of hydrogen-bond acceptors (Lipinski definition) is 6. The number of morpholine rings is 2.